The van der Waals surface area contributed by atoms with E-state index in [4.69, 9.17) is 10.00 Å². The summed E-state index contributed by atoms with van der Waals surface area (Å²) in [6, 6.07) is 5.57. The fourth-order valence-corrected chi connectivity index (χ4v) is 2.01. The number of ether oxygens (including phenoxy) is 1. The predicted octanol–water partition coefficient (Wildman–Crippen LogP) is 1.72. The summed E-state index contributed by atoms with van der Waals surface area (Å²) in [5.41, 5.74) is 0.695. The minimum Gasteiger partial charge on any atom is -0.476 e. The first kappa shape index (κ1) is 11.9. The molecule has 17 heavy (non-hydrogen) atoms. The Hall–Kier alpha value is -1.60. The number of nitrogens with zero attached hydrogens (tertiary/aromatic N) is 2. The van der Waals surface area contributed by atoms with Crippen LogP contribution in [0.3, 0.4) is 0 Å². The third-order valence-corrected chi connectivity index (χ3v) is 3.26. The average molecular weight is 231 g/mol. The molecule has 1 aliphatic heterocycles. The third kappa shape index (κ3) is 2.95. The average Bonchev–Trinajstić information content (AvgIpc) is 2.38. The van der Waals surface area contributed by atoms with Crippen LogP contribution in [-0.2, 0) is 0 Å². The molecule has 4 heteroatoms. The SMILES string of the molecule is CC1(COc2ncccc2C#N)CCNCC1. The van der Waals surface area contributed by atoms with E-state index in [1.807, 2.05) is 0 Å². The molecule has 2 heterocycles. The zero-order valence-electron chi connectivity index (χ0n) is 10.1. The predicted molar refractivity (Wildman–Crippen MR) is 64.7 cm³/mol. The summed E-state index contributed by atoms with van der Waals surface area (Å²) in [7, 11) is 0. The molecule has 90 valence electrons. The monoisotopic (exact) mass is 231 g/mol. The van der Waals surface area contributed by atoms with Gasteiger partial charge in [-0.3, -0.25) is 0 Å². The van der Waals surface area contributed by atoms with Gasteiger partial charge in [-0.15, -0.1) is 0 Å². The van der Waals surface area contributed by atoms with Crippen molar-refractivity contribution < 1.29 is 4.74 Å². The van der Waals surface area contributed by atoms with Gasteiger partial charge in [0.2, 0.25) is 5.88 Å². The van der Waals surface area contributed by atoms with Gasteiger partial charge in [0.05, 0.1) is 6.61 Å². The van der Waals surface area contributed by atoms with Gasteiger partial charge in [0.25, 0.3) is 0 Å². The van der Waals surface area contributed by atoms with E-state index in [9.17, 15) is 0 Å². The number of nitriles is 1. The van der Waals surface area contributed by atoms with Crippen molar-refractivity contribution in [2.75, 3.05) is 19.7 Å². The van der Waals surface area contributed by atoms with Crippen molar-refractivity contribution in [3.8, 4) is 11.9 Å². The highest BCUT2D eigenvalue weighted by Gasteiger charge is 2.27. The Morgan fingerprint density at radius 3 is 3.00 bits per heavy atom. The van der Waals surface area contributed by atoms with Crippen LogP contribution in [0.2, 0.25) is 0 Å². The van der Waals surface area contributed by atoms with Crippen LogP contribution in [0.15, 0.2) is 18.3 Å². The van der Waals surface area contributed by atoms with Crippen molar-refractivity contribution in [1.82, 2.24) is 10.3 Å². The highest BCUT2D eigenvalue weighted by Crippen LogP contribution is 2.29. The fourth-order valence-electron chi connectivity index (χ4n) is 2.01. The Bertz CT molecular complexity index is 419. The lowest BCUT2D eigenvalue weighted by Crippen LogP contribution is -2.38. The van der Waals surface area contributed by atoms with Crippen LogP contribution in [0.25, 0.3) is 0 Å². The lowest BCUT2D eigenvalue weighted by molar-refractivity contribution is 0.119. The molecule has 0 radical (unpaired) electrons. The van der Waals surface area contributed by atoms with E-state index in [0.717, 1.165) is 25.9 Å². The lowest BCUT2D eigenvalue weighted by atomic mass is 9.82. The van der Waals surface area contributed by atoms with Crippen molar-refractivity contribution in [2.24, 2.45) is 5.41 Å². The quantitative estimate of drug-likeness (QED) is 0.860. The third-order valence-electron chi connectivity index (χ3n) is 3.26. The summed E-state index contributed by atoms with van der Waals surface area (Å²) in [5, 5.41) is 12.3. The second-order valence-electron chi connectivity index (χ2n) is 4.82. The van der Waals surface area contributed by atoms with Crippen molar-refractivity contribution >= 4 is 0 Å². The molecule has 0 aromatic carbocycles. The normalized spacial score (nSPS) is 18.4. The maximum Gasteiger partial charge on any atom is 0.231 e. The zero-order valence-corrected chi connectivity index (χ0v) is 10.1. The summed E-state index contributed by atoms with van der Waals surface area (Å²) < 4.78 is 5.71. The van der Waals surface area contributed by atoms with Crippen molar-refractivity contribution in [2.45, 2.75) is 19.8 Å². The molecule has 1 aliphatic rings. The molecule has 0 aliphatic carbocycles. The maximum atomic E-state index is 8.94. The molecule has 0 bridgehead atoms. The molecule has 1 N–H and O–H groups in total. The molecule has 1 aromatic rings. The molecular weight excluding hydrogens is 214 g/mol. The van der Waals surface area contributed by atoms with E-state index in [1.165, 1.54) is 0 Å². The van der Waals surface area contributed by atoms with Gasteiger partial charge in [-0.2, -0.15) is 5.26 Å². The van der Waals surface area contributed by atoms with Gasteiger partial charge in [-0.05, 0) is 38.1 Å². The highest BCUT2D eigenvalue weighted by atomic mass is 16.5. The van der Waals surface area contributed by atoms with E-state index in [-0.39, 0.29) is 5.41 Å². The minimum absolute atomic E-state index is 0.190. The summed E-state index contributed by atoms with van der Waals surface area (Å²) in [6.45, 7) is 4.92. The van der Waals surface area contributed by atoms with Gasteiger partial charge in [0.1, 0.15) is 11.6 Å². The van der Waals surface area contributed by atoms with E-state index in [0.29, 0.717) is 18.1 Å². The number of hydrogen-bond donors (Lipinski definition) is 1. The first-order valence-corrected chi connectivity index (χ1v) is 5.92. The first-order valence-electron chi connectivity index (χ1n) is 5.92. The molecule has 2 rings (SSSR count). The van der Waals surface area contributed by atoms with Gasteiger partial charge in [-0.25, -0.2) is 4.98 Å². The summed E-state index contributed by atoms with van der Waals surface area (Å²) in [6.07, 6.45) is 3.85. The summed E-state index contributed by atoms with van der Waals surface area (Å²) >= 11 is 0. The van der Waals surface area contributed by atoms with Crippen molar-refractivity contribution in [3.05, 3.63) is 23.9 Å². The topological polar surface area (TPSA) is 57.9 Å². The van der Waals surface area contributed by atoms with Gasteiger partial charge in [0.15, 0.2) is 0 Å². The van der Waals surface area contributed by atoms with Crippen LogP contribution < -0.4 is 10.1 Å². The number of aromatic nitrogens is 1. The van der Waals surface area contributed by atoms with E-state index in [2.05, 4.69) is 23.3 Å². The number of piperidine rings is 1. The smallest absolute Gasteiger partial charge is 0.231 e. The first-order chi connectivity index (χ1) is 8.23. The Labute approximate surface area is 102 Å². The molecule has 1 saturated heterocycles. The molecule has 1 fully saturated rings. The second kappa shape index (κ2) is 5.15. The van der Waals surface area contributed by atoms with Gasteiger partial charge < -0.3 is 10.1 Å². The van der Waals surface area contributed by atoms with Gasteiger partial charge in [0, 0.05) is 11.6 Å². The van der Waals surface area contributed by atoms with Crippen LogP contribution in [0, 0.1) is 16.7 Å². The molecule has 0 unspecified atom stereocenters. The molecular formula is C13H17N3O. The molecule has 0 atom stereocenters. The molecule has 0 spiro atoms. The fraction of sp³-hybridized carbons (Fsp3) is 0.538. The van der Waals surface area contributed by atoms with Crippen LogP contribution in [0.5, 0.6) is 5.88 Å². The number of rotatable bonds is 3. The summed E-state index contributed by atoms with van der Waals surface area (Å²) in [5.74, 6) is 0.453. The Balaban J connectivity index is 2.00. The number of nitrogens with one attached hydrogen (secondary N) is 1. The van der Waals surface area contributed by atoms with Gasteiger partial charge in [-0.1, -0.05) is 6.92 Å². The molecule has 0 amide bonds. The molecule has 1 aromatic heterocycles. The van der Waals surface area contributed by atoms with E-state index < -0.39 is 0 Å². The Morgan fingerprint density at radius 1 is 1.53 bits per heavy atom. The van der Waals surface area contributed by atoms with E-state index in [1.54, 1.807) is 18.3 Å². The van der Waals surface area contributed by atoms with Crippen LogP contribution in [0.1, 0.15) is 25.3 Å². The standard InChI is InChI=1S/C13H17N3O/c1-13(4-7-15-8-5-13)10-17-12-11(9-14)3-2-6-16-12/h2-3,6,15H,4-5,7-8,10H2,1H3. The largest absolute Gasteiger partial charge is 0.476 e. The Kier molecular flexibility index (Phi) is 3.60. The maximum absolute atomic E-state index is 8.94. The van der Waals surface area contributed by atoms with Crippen molar-refractivity contribution in [3.63, 3.8) is 0 Å². The Morgan fingerprint density at radius 2 is 2.29 bits per heavy atom. The number of pyridine rings is 1. The van der Waals surface area contributed by atoms with Crippen LogP contribution in [0.4, 0.5) is 0 Å². The van der Waals surface area contributed by atoms with Crippen LogP contribution >= 0.6 is 0 Å². The molecule has 4 nitrogen and oxygen atoms in total. The summed E-state index contributed by atoms with van der Waals surface area (Å²) in [4.78, 5) is 4.10. The van der Waals surface area contributed by atoms with E-state index >= 15 is 0 Å². The van der Waals surface area contributed by atoms with Crippen molar-refractivity contribution in [1.29, 1.82) is 5.26 Å². The highest BCUT2D eigenvalue weighted by molar-refractivity contribution is 5.36. The lowest BCUT2D eigenvalue weighted by Gasteiger charge is -2.33. The number of hydrogen-bond acceptors (Lipinski definition) is 4. The zero-order chi connectivity index (χ0) is 12.1. The second-order valence-corrected chi connectivity index (χ2v) is 4.82. The van der Waals surface area contributed by atoms with Crippen LogP contribution in [-0.4, -0.2) is 24.7 Å². The minimum atomic E-state index is 0.190. The molecule has 0 saturated carbocycles. The van der Waals surface area contributed by atoms with Gasteiger partial charge >= 0.3 is 0 Å².